The first-order valence-corrected chi connectivity index (χ1v) is 3.87. The molecule has 0 aliphatic carbocycles. The molecule has 0 spiro atoms. The van der Waals surface area contributed by atoms with Gasteiger partial charge in [0.2, 0.25) is 5.91 Å². The van der Waals surface area contributed by atoms with Crippen molar-refractivity contribution in [2.24, 2.45) is 0 Å². The molecule has 1 amide bonds. The number of rotatable bonds is 1. The van der Waals surface area contributed by atoms with E-state index < -0.39 is 0 Å². The Morgan fingerprint density at radius 2 is 2.27 bits per heavy atom. The number of hydrogen-bond donors (Lipinski definition) is 2. The Kier molecular flexibility index (Phi) is 2.84. The fourth-order valence-electron chi connectivity index (χ4n) is 1.15. The van der Waals surface area contributed by atoms with Gasteiger partial charge in [0.15, 0.2) is 0 Å². The van der Waals surface area contributed by atoms with Crippen LogP contribution in [0.5, 0.6) is 0 Å². The summed E-state index contributed by atoms with van der Waals surface area (Å²) in [6.07, 6.45) is 0.886. The Labute approximate surface area is 66.9 Å². The van der Waals surface area contributed by atoms with Crippen LogP contribution in [0.1, 0.15) is 6.42 Å². The number of hydrogen-bond acceptors (Lipinski definition) is 3. The normalized spacial score (nSPS) is 24.7. The van der Waals surface area contributed by atoms with Crippen molar-refractivity contribution in [1.82, 2.24) is 15.5 Å². The second-order valence-corrected chi connectivity index (χ2v) is 2.95. The van der Waals surface area contributed by atoms with E-state index in [1.165, 1.54) is 0 Å². The molecule has 0 bridgehead atoms. The smallest absolute Gasteiger partial charge is 0.239 e. The second-order valence-electron chi connectivity index (χ2n) is 2.95. The number of amides is 1. The van der Waals surface area contributed by atoms with E-state index in [2.05, 4.69) is 10.6 Å². The second kappa shape index (κ2) is 3.69. The molecule has 1 saturated heterocycles. The van der Waals surface area contributed by atoms with Crippen LogP contribution in [0, 0.1) is 0 Å². The van der Waals surface area contributed by atoms with Gasteiger partial charge < -0.3 is 10.2 Å². The van der Waals surface area contributed by atoms with Crippen molar-refractivity contribution in [3.8, 4) is 0 Å². The molecular weight excluding hydrogens is 142 g/mol. The lowest BCUT2D eigenvalue weighted by atomic mass is 10.1. The van der Waals surface area contributed by atoms with Crippen LogP contribution in [0.4, 0.5) is 0 Å². The van der Waals surface area contributed by atoms with Gasteiger partial charge in [-0.1, -0.05) is 0 Å². The van der Waals surface area contributed by atoms with Crippen LogP contribution in [-0.2, 0) is 4.79 Å². The van der Waals surface area contributed by atoms with Crippen LogP contribution >= 0.6 is 0 Å². The van der Waals surface area contributed by atoms with E-state index >= 15 is 0 Å². The van der Waals surface area contributed by atoms with Gasteiger partial charge in [-0.3, -0.25) is 10.1 Å². The molecule has 0 saturated carbocycles. The minimum absolute atomic E-state index is 0.0197. The van der Waals surface area contributed by atoms with E-state index in [1.54, 1.807) is 19.0 Å². The molecule has 1 fully saturated rings. The number of nitrogens with one attached hydrogen (secondary N) is 2. The summed E-state index contributed by atoms with van der Waals surface area (Å²) in [7, 11) is 3.57. The fourth-order valence-corrected chi connectivity index (χ4v) is 1.15. The van der Waals surface area contributed by atoms with Gasteiger partial charge in [-0.25, -0.2) is 0 Å². The third-order valence-electron chi connectivity index (χ3n) is 1.82. The van der Waals surface area contributed by atoms with E-state index in [9.17, 15) is 4.79 Å². The first-order valence-electron chi connectivity index (χ1n) is 3.87. The summed E-state index contributed by atoms with van der Waals surface area (Å²) in [6.45, 7) is 1.67. The molecule has 4 heteroatoms. The molecule has 1 heterocycles. The molecule has 1 unspecified atom stereocenters. The maximum atomic E-state index is 11.3. The summed E-state index contributed by atoms with van der Waals surface area (Å²) in [6, 6.07) is 0.0197. The molecule has 1 atom stereocenters. The van der Waals surface area contributed by atoms with Crippen LogP contribution in [0.25, 0.3) is 0 Å². The number of likely N-dealkylation sites (N-methyl/N-ethyl adjacent to an activating group) is 1. The minimum atomic E-state index is 0.0197. The minimum Gasteiger partial charge on any atom is -0.347 e. The van der Waals surface area contributed by atoms with Crippen LogP contribution in [0.15, 0.2) is 0 Å². The van der Waals surface area contributed by atoms with Gasteiger partial charge in [0.1, 0.15) is 0 Å². The Hall–Kier alpha value is -0.610. The van der Waals surface area contributed by atoms with Gasteiger partial charge in [0, 0.05) is 20.8 Å². The summed E-state index contributed by atoms with van der Waals surface area (Å²) in [5.41, 5.74) is 0. The highest BCUT2D eigenvalue weighted by molar-refractivity contribution is 5.81. The van der Waals surface area contributed by atoms with Crippen molar-refractivity contribution >= 4 is 5.91 Å². The Morgan fingerprint density at radius 3 is 2.73 bits per heavy atom. The molecule has 4 nitrogen and oxygen atoms in total. The molecule has 1 aliphatic rings. The lowest BCUT2D eigenvalue weighted by Gasteiger charge is -2.25. The van der Waals surface area contributed by atoms with E-state index in [1.807, 2.05) is 0 Å². The van der Waals surface area contributed by atoms with Gasteiger partial charge in [0.05, 0.1) is 6.04 Å². The molecular formula is C7H15N3O. The lowest BCUT2D eigenvalue weighted by molar-refractivity contribution is -0.131. The summed E-state index contributed by atoms with van der Waals surface area (Å²) in [5.74, 6) is 0.173. The molecule has 64 valence electrons. The summed E-state index contributed by atoms with van der Waals surface area (Å²) < 4.78 is 0. The van der Waals surface area contributed by atoms with E-state index in [4.69, 9.17) is 0 Å². The average molecular weight is 157 g/mol. The third-order valence-corrected chi connectivity index (χ3v) is 1.82. The first-order chi connectivity index (χ1) is 5.22. The summed E-state index contributed by atoms with van der Waals surface area (Å²) in [4.78, 5) is 13.0. The standard InChI is InChI=1S/C7H15N3O/c1-10(2)7(11)6-3-4-8-5-9-6/h6,8-9H,3-5H2,1-2H3. The van der Waals surface area contributed by atoms with Crippen LogP contribution in [0.2, 0.25) is 0 Å². The number of nitrogens with zero attached hydrogens (tertiary/aromatic N) is 1. The Bertz CT molecular complexity index is 141. The Balaban J connectivity index is 2.39. The highest BCUT2D eigenvalue weighted by Gasteiger charge is 2.20. The van der Waals surface area contributed by atoms with Crippen molar-refractivity contribution in [3.63, 3.8) is 0 Å². The summed E-state index contributed by atoms with van der Waals surface area (Å²) >= 11 is 0. The quantitative estimate of drug-likeness (QED) is 0.512. The van der Waals surface area contributed by atoms with Gasteiger partial charge >= 0.3 is 0 Å². The zero-order valence-corrected chi connectivity index (χ0v) is 7.05. The SMILES string of the molecule is CN(C)C(=O)C1CCNCN1. The number of carbonyl (C=O) groups is 1. The molecule has 1 aliphatic heterocycles. The largest absolute Gasteiger partial charge is 0.347 e. The van der Waals surface area contributed by atoms with Crippen LogP contribution in [-0.4, -0.2) is 44.2 Å². The molecule has 0 aromatic heterocycles. The fraction of sp³-hybridized carbons (Fsp3) is 0.857. The zero-order valence-electron chi connectivity index (χ0n) is 7.05. The molecule has 0 radical (unpaired) electrons. The van der Waals surface area contributed by atoms with Gasteiger partial charge in [0.25, 0.3) is 0 Å². The maximum Gasteiger partial charge on any atom is 0.239 e. The average Bonchev–Trinajstić information content (AvgIpc) is 2.05. The zero-order chi connectivity index (χ0) is 8.27. The molecule has 2 N–H and O–H groups in total. The van der Waals surface area contributed by atoms with E-state index in [-0.39, 0.29) is 11.9 Å². The van der Waals surface area contributed by atoms with Gasteiger partial charge in [-0.2, -0.15) is 0 Å². The van der Waals surface area contributed by atoms with E-state index in [0.717, 1.165) is 19.6 Å². The predicted octanol–water partition coefficient (Wildman–Crippen LogP) is -1.02. The molecule has 0 aromatic rings. The first kappa shape index (κ1) is 8.49. The molecule has 1 rings (SSSR count). The van der Waals surface area contributed by atoms with Crippen molar-refractivity contribution in [2.45, 2.75) is 12.5 Å². The number of carbonyl (C=O) groups excluding carboxylic acids is 1. The van der Waals surface area contributed by atoms with Gasteiger partial charge in [-0.05, 0) is 13.0 Å². The topological polar surface area (TPSA) is 44.4 Å². The highest BCUT2D eigenvalue weighted by Crippen LogP contribution is 1.97. The van der Waals surface area contributed by atoms with Crippen molar-refractivity contribution in [3.05, 3.63) is 0 Å². The monoisotopic (exact) mass is 157 g/mol. The van der Waals surface area contributed by atoms with E-state index in [0.29, 0.717) is 0 Å². The van der Waals surface area contributed by atoms with Crippen molar-refractivity contribution in [1.29, 1.82) is 0 Å². The lowest BCUT2D eigenvalue weighted by Crippen LogP contribution is -2.52. The maximum absolute atomic E-state index is 11.3. The Morgan fingerprint density at radius 1 is 1.55 bits per heavy atom. The third kappa shape index (κ3) is 2.17. The van der Waals surface area contributed by atoms with Crippen LogP contribution in [0.3, 0.4) is 0 Å². The summed E-state index contributed by atoms with van der Waals surface area (Å²) in [5, 5.41) is 6.22. The van der Waals surface area contributed by atoms with Gasteiger partial charge in [-0.15, -0.1) is 0 Å². The van der Waals surface area contributed by atoms with Crippen LogP contribution < -0.4 is 10.6 Å². The highest BCUT2D eigenvalue weighted by atomic mass is 16.2. The van der Waals surface area contributed by atoms with Crippen molar-refractivity contribution in [2.75, 3.05) is 27.3 Å². The van der Waals surface area contributed by atoms with Crippen molar-refractivity contribution < 1.29 is 4.79 Å². The molecule has 11 heavy (non-hydrogen) atoms. The predicted molar refractivity (Wildman–Crippen MR) is 43.1 cm³/mol. The molecule has 0 aromatic carbocycles.